The Bertz CT molecular complexity index is 301. The molecule has 1 unspecified atom stereocenters. The Hall–Kier alpha value is -0.680. The Morgan fingerprint density at radius 1 is 1.59 bits per heavy atom. The van der Waals surface area contributed by atoms with Crippen LogP contribution in [0.5, 0.6) is 0 Å². The van der Waals surface area contributed by atoms with Crippen LogP contribution in [0.4, 0.5) is 0 Å². The van der Waals surface area contributed by atoms with Gasteiger partial charge in [0.15, 0.2) is 16.9 Å². The molecular weight excluding hydrogens is 240 g/mol. The van der Waals surface area contributed by atoms with E-state index in [2.05, 4.69) is 0 Å². The molecule has 0 bridgehead atoms. The summed E-state index contributed by atoms with van der Waals surface area (Å²) in [5.74, 6) is 0.622. The fraction of sp³-hybridized carbons (Fsp3) is 0.750. The largest absolute Gasteiger partial charge is 0.465 e. The van der Waals surface area contributed by atoms with Crippen LogP contribution in [0, 0.1) is 5.41 Å². The van der Waals surface area contributed by atoms with Crippen molar-refractivity contribution in [3.05, 3.63) is 11.8 Å². The summed E-state index contributed by atoms with van der Waals surface area (Å²) in [7, 11) is 0. The molecule has 0 saturated heterocycles. The lowest BCUT2D eigenvalue weighted by atomic mass is 9.77. The van der Waals surface area contributed by atoms with Gasteiger partial charge in [0.25, 0.3) is 0 Å². The van der Waals surface area contributed by atoms with E-state index < -0.39 is 5.41 Å². The molecule has 1 atom stereocenters. The molecule has 0 aromatic rings. The first kappa shape index (κ1) is 14.4. The minimum Gasteiger partial charge on any atom is -0.465 e. The van der Waals surface area contributed by atoms with Gasteiger partial charge in [-0.15, -0.1) is 0 Å². The third kappa shape index (κ3) is 3.64. The van der Waals surface area contributed by atoms with Crippen LogP contribution in [-0.2, 0) is 24.9 Å². The average molecular weight is 261 g/mol. The van der Waals surface area contributed by atoms with E-state index in [4.69, 9.17) is 8.92 Å². The molecule has 1 aliphatic rings. The molecule has 0 saturated carbocycles. The van der Waals surface area contributed by atoms with Crippen LogP contribution < -0.4 is 0 Å². The first-order chi connectivity index (χ1) is 8.04. The van der Waals surface area contributed by atoms with Crippen molar-refractivity contribution in [1.82, 2.24) is 0 Å². The highest BCUT2D eigenvalue weighted by Crippen LogP contribution is 2.37. The minimum atomic E-state index is -0.761. The lowest BCUT2D eigenvalue weighted by molar-refractivity contribution is -0.158. The van der Waals surface area contributed by atoms with Gasteiger partial charge in [-0.1, -0.05) is 0 Å². The van der Waals surface area contributed by atoms with Crippen LogP contribution >= 0.6 is 0 Å². The van der Waals surface area contributed by atoms with Crippen molar-refractivity contribution < 1.29 is 18.8 Å². The van der Waals surface area contributed by atoms with Crippen molar-refractivity contribution >= 4 is 17.1 Å². The van der Waals surface area contributed by atoms with Gasteiger partial charge >= 0.3 is 5.97 Å². The zero-order chi connectivity index (χ0) is 12.9. The number of rotatable bonds is 5. The molecule has 0 spiro atoms. The molecule has 0 aliphatic heterocycles. The van der Waals surface area contributed by atoms with Gasteiger partial charge in [0.05, 0.1) is 18.6 Å². The number of hydrogen-bond donors (Lipinski definition) is 1. The number of ether oxygens (including phenoxy) is 1. The summed E-state index contributed by atoms with van der Waals surface area (Å²) >= 11 is -0.101. The number of hydrogen-bond acceptors (Lipinski definition) is 4. The quantitative estimate of drug-likeness (QED) is 0.600. The number of allylic oxidation sites excluding steroid dienone is 2. The molecule has 4 nitrogen and oxygen atoms in total. The Morgan fingerprint density at radius 3 is 2.71 bits per heavy atom. The lowest BCUT2D eigenvalue weighted by Crippen LogP contribution is -2.38. The van der Waals surface area contributed by atoms with Crippen LogP contribution in [0.25, 0.3) is 0 Å². The van der Waals surface area contributed by atoms with Crippen molar-refractivity contribution in [2.24, 2.45) is 5.41 Å². The standard InChI is InChI=1S/C12H21O4S/c1-4-15-11(14)12(9-13)7-5-10(6-8-12)16-17(2)3/h5,13H,4,6-9H2,1-3H3/q+1. The number of aliphatic hydroxyl groups excluding tert-OH is 1. The third-order valence-corrected chi connectivity index (χ3v) is 3.40. The van der Waals surface area contributed by atoms with Gasteiger partial charge in [0, 0.05) is 6.42 Å². The van der Waals surface area contributed by atoms with Crippen molar-refractivity contribution in [2.45, 2.75) is 26.2 Å². The summed E-state index contributed by atoms with van der Waals surface area (Å²) in [5, 5.41) is 9.44. The third-order valence-electron chi connectivity index (χ3n) is 2.86. The monoisotopic (exact) mass is 261 g/mol. The Balaban J connectivity index is 2.68. The molecule has 1 rings (SSSR count). The van der Waals surface area contributed by atoms with Gasteiger partial charge in [-0.05, 0) is 25.8 Å². The first-order valence-electron chi connectivity index (χ1n) is 5.77. The van der Waals surface area contributed by atoms with E-state index in [0.717, 1.165) is 5.76 Å². The Kier molecular flexibility index (Phi) is 5.33. The minimum absolute atomic E-state index is 0.101. The smallest absolute Gasteiger partial charge is 0.314 e. The summed E-state index contributed by atoms with van der Waals surface area (Å²) in [6, 6.07) is 0. The summed E-state index contributed by atoms with van der Waals surface area (Å²) in [4.78, 5) is 11.8. The SMILES string of the molecule is CCOC(=O)C1(CO)CC=C(O[S+](C)C)CC1. The highest BCUT2D eigenvalue weighted by Gasteiger charge is 2.41. The predicted octanol–water partition coefficient (Wildman–Crippen LogP) is 1.41. The zero-order valence-corrected chi connectivity index (χ0v) is 11.5. The normalized spacial score (nSPS) is 24.4. The fourth-order valence-electron chi connectivity index (χ4n) is 1.84. The summed E-state index contributed by atoms with van der Waals surface area (Å²) in [5.41, 5.74) is -0.761. The summed E-state index contributed by atoms with van der Waals surface area (Å²) < 4.78 is 10.6. The second-order valence-electron chi connectivity index (χ2n) is 4.36. The summed E-state index contributed by atoms with van der Waals surface area (Å²) in [6.07, 6.45) is 7.68. The maximum absolute atomic E-state index is 11.8. The predicted molar refractivity (Wildman–Crippen MR) is 68.4 cm³/mol. The highest BCUT2D eigenvalue weighted by molar-refractivity contribution is 7.91. The van der Waals surface area contributed by atoms with E-state index in [-0.39, 0.29) is 23.8 Å². The van der Waals surface area contributed by atoms with Gasteiger partial charge in [-0.25, -0.2) is 0 Å². The molecule has 17 heavy (non-hydrogen) atoms. The van der Waals surface area contributed by atoms with E-state index >= 15 is 0 Å². The van der Waals surface area contributed by atoms with Gasteiger partial charge in [-0.2, -0.15) is 0 Å². The van der Waals surface area contributed by atoms with Crippen LogP contribution in [0.15, 0.2) is 11.8 Å². The molecule has 0 heterocycles. The topological polar surface area (TPSA) is 55.8 Å². The number of carbonyl (C=O) groups is 1. The van der Waals surface area contributed by atoms with Crippen molar-refractivity contribution in [3.8, 4) is 0 Å². The summed E-state index contributed by atoms with van der Waals surface area (Å²) in [6.45, 7) is 1.96. The van der Waals surface area contributed by atoms with Crippen molar-refractivity contribution in [1.29, 1.82) is 0 Å². The molecule has 0 fully saturated rings. The zero-order valence-electron chi connectivity index (χ0n) is 10.7. The molecule has 98 valence electrons. The second kappa shape index (κ2) is 6.31. The molecule has 0 amide bonds. The molecule has 5 heteroatoms. The van der Waals surface area contributed by atoms with E-state index in [9.17, 15) is 9.90 Å². The Morgan fingerprint density at radius 2 is 2.29 bits per heavy atom. The maximum atomic E-state index is 11.8. The Labute approximate surface area is 106 Å². The number of esters is 1. The molecule has 1 N–H and O–H groups in total. The van der Waals surface area contributed by atoms with Crippen LogP contribution in [0.2, 0.25) is 0 Å². The second-order valence-corrected chi connectivity index (χ2v) is 6.01. The van der Waals surface area contributed by atoms with Crippen molar-refractivity contribution in [2.75, 3.05) is 25.7 Å². The van der Waals surface area contributed by atoms with Gasteiger partial charge < -0.3 is 9.84 Å². The molecule has 0 aromatic carbocycles. The molecule has 0 aromatic heterocycles. The molecule has 0 radical (unpaired) electrons. The number of aliphatic hydroxyl groups is 1. The van der Waals surface area contributed by atoms with E-state index in [1.165, 1.54) is 0 Å². The average Bonchev–Trinajstić information content (AvgIpc) is 2.30. The fourth-order valence-corrected chi connectivity index (χ4v) is 2.42. The van der Waals surface area contributed by atoms with Gasteiger partial charge in [-0.3, -0.25) is 8.98 Å². The van der Waals surface area contributed by atoms with Crippen LogP contribution in [0.3, 0.4) is 0 Å². The maximum Gasteiger partial charge on any atom is 0.314 e. The van der Waals surface area contributed by atoms with Gasteiger partial charge in [0.2, 0.25) is 0 Å². The van der Waals surface area contributed by atoms with E-state index in [0.29, 0.717) is 25.9 Å². The van der Waals surface area contributed by atoms with Crippen LogP contribution in [0.1, 0.15) is 26.2 Å². The van der Waals surface area contributed by atoms with E-state index in [1.807, 2.05) is 18.6 Å². The highest BCUT2D eigenvalue weighted by atomic mass is 32.2. The molecular formula is C12H21O4S+. The lowest BCUT2D eigenvalue weighted by Gasteiger charge is -2.31. The van der Waals surface area contributed by atoms with E-state index in [1.54, 1.807) is 6.92 Å². The first-order valence-corrected chi connectivity index (χ1v) is 7.74. The molecule has 1 aliphatic carbocycles. The van der Waals surface area contributed by atoms with Crippen molar-refractivity contribution in [3.63, 3.8) is 0 Å². The number of carbonyl (C=O) groups excluding carboxylic acids is 1. The van der Waals surface area contributed by atoms with Crippen LogP contribution in [-0.4, -0.2) is 36.8 Å². The van der Waals surface area contributed by atoms with Gasteiger partial charge in [0.1, 0.15) is 12.5 Å².